The molecule has 26 heavy (non-hydrogen) atoms. The van der Waals surface area contributed by atoms with Crippen LogP contribution in [0.15, 0.2) is 23.0 Å². The Morgan fingerprint density at radius 2 is 1.88 bits per heavy atom. The lowest BCUT2D eigenvalue weighted by Gasteiger charge is -2.29. The van der Waals surface area contributed by atoms with Gasteiger partial charge < -0.3 is 9.88 Å². The van der Waals surface area contributed by atoms with Gasteiger partial charge in [-0.3, -0.25) is 9.59 Å². The lowest BCUT2D eigenvalue weighted by Crippen LogP contribution is -2.46. The Morgan fingerprint density at radius 1 is 1.23 bits per heavy atom. The molecule has 1 aliphatic rings. The van der Waals surface area contributed by atoms with Crippen LogP contribution in [-0.4, -0.2) is 28.0 Å². The summed E-state index contributed by atoms with van der Waals surface area (Å²) in [6.07, 6.45) is -2.30. The molecule has 0 spiro atoms. The maximum atomic E-state index is 13.0. The number of H-pyrrole nitrogens is 1. The molecule has 0 bridgehead atoms. The van der Waals surface area contributed by atoms with Crippen molar-refractivity contribution in [2.45, 2.75) is 58.3 Å². The molecule has 1 heterocycles. The highest BCUT2D eigenvalue weighted by Crippen LogP contribution is 2.29. The van der Waals surface area contributed by atoms with Crippen molar-refractivity contribution in [3.05, 3.63) is 45.2 Å². The monoisotopic (exact) mass is 366 g/mol. The third-order valence-corrected chi connectivity index (χ3v) is 5.24. The van der Waals surface area contributed by atoms with Crippen LogP contribution in [0.5, 0.6) is 0 Å². The van der Waals surface area contributed by atoms with E-state index >= 15 is 0 Å². The summed E-state index contributed by atoms with van der Waals surface area (Å²) in [6.45, 7) is 3.47. The number of hydrogen-bond donors (Lipinski definition) is 1. The van der Waals surface area contributed by atoms with E-state index < -0.39 is 23.7 Å². The minimum absolute atomic E-state index is 0.172. The molecule has 140 valence electrons. The largest absolute Gasteiger partial charge is 0.471 e. The highest BCUT2D eigenvalue weighted by Gasteiger charge is 2.45. The molecule has 1 aromatic heterocycles. The maximum Gasteiger partial charge on any atom is 0.471 e. The van der Waals surface area contributed by atoms with Gasteiger partial charge in [0.05, 0.1) is 12.1 Å². The van der Waals surface area contributed by atoms with E-state index in [9.17, 15) is 22.8 Å². The van der Waals surface area contributed by atoms with Crippen molar-refractivity contribution in [2.75, 3.05) is 0 Å². The van der Waals surface area contributed by atoms with Gasteiger partial charge in [-0.15, -0.1) is 0 Å². The van der Waals surface area contributed by atoms with Crippen molar-refractivity contribution in [2.24, 2.45) is 0 Å². The van der Waals surface area contributed by atoms with Crippen molar-refractivity contribution in [3.8, 4) is 0 Å². The van der Waals surface area contributed by atoms with Gasteiger partial charge in [-0.25, -0.2) is 0 Å². The van der Waals surface area contributed by atoms with E-state index in [2.05, 4.69) is 4.98 Å². The molecule has 1 fully saturated rings. The van der Waals surface area contributed by atoms with Crippen LogP contribution in [0.1, 0.15) is 42.4 Å². The Hall–Kier alpha value is -2.31. The molecule has 0 unspecified atom stereocenters. The zero-order valence-corrected chi connectivity index (χ0v) is 14.7. The molecule has 1 aromatic carbocycles. The van der Waals surface area contributed by atoms with E-state index in [-0.39, 0.29) is 12.1 Å². The summed E-state index contributed by atoms with van der Waals surface area (Å²) in [5.41, 5.74) is 2.33. The lowest BCUT2D eigenvalue weighted by atomic mass is 10.0. The first-order valence-corrected chi connectivity index (χ1v) is 8.68. The second-order valence-corrected chi connectivity index (χ2v) is 6.96. The molecule has 2 aromatic rings. The predicted molar refractivity (Wildman–Crippen MR) is 92.9 cm³/mol. The van der Waals surface area contributed by atoms with Crippen LogP contribution in [0.25, 0.3) is 10.9 Å². The molecule has 0 atom stereocenters. The lowest BCUT2D eigenvalue weighted by molar-refractivity contribution is -0.188. The molecule has 7 heteroatoms. The van der Waals surface area contributed by atoms with Crippen LogP contribution in [0, 0.1) is 13.8 Å². The van der Waals surface area contributed by atoms with E-state index in [4.69, 9.17) is 0 Å². The SMILES string of the molecule is Cc1ccc2cc(CN(C(=O)C(F)(F)F)C3CCCC3)c(=O)[nH]c2c1C. The van der Waals surface area contributed by atoms with Gasteiger partial charge in [0.1, 0.15) is 0 Å². The first-order chi connectivity index (χ1) is 12.2. The molecule has 1 saturated carbocycles. The standard InChI is InChI=1S/C19H21F3N2O2/c1-11-7-8-13-9-14(17(25)23-16(13)12(11)2)10-24(15-5-3-4-6-15)18(26)19(20,21)22/h7-9,15H,3-6,10H2,1-2H3,(H,23,25). The summed E-state index contributed by atoms with van der Waals surface area (Å²) in [5, 5.41) is 0.744. The number of carbonyl (C=O) groups is 1. The van der Waals surface area contributed by atoms with Crippen LogP contribution in [-0.2, 0) is 11.3 Å². The number of carbonyl (C=O) groups excluding carboxylic acids is 1. The molecule has 1 amide bonds. The van der Waals surface area contributed by atoms with Crippen LogP contribution in [0.3, 0.4) is 0 Å². The van der Waals surface area contributed by atoms with Crippen molar-refractivity contribution in [3.63, 3.8) is 0 Å². The van der Waals surface area contributed by atoms with Crippen LogP contribution < -0.4 is 5.56 Å². The minimum atomic E-state index is -4.94. The third-order valence-electron chi connectivity index (χ3n) is 5.24. The Labute approximate surface area is 149 Å². The molecule has 0 radical (unpaired) electrons. The van der Waals surface area contributed by atoms with Crippen LogP contribution in [0.2, 0.25) is 0 Å². The van der Waals surface area contributed by atoms with Crippen molar-refractivity contribution >= 4 is 16.8 Å². The minimum Gasteiger partial charge on any atom is -0.327 e. The summed E-state index contributed by atoms with van der Waals surface area (Å²) in [4.78, 5) is 28.0. The second-order valence-electron chi connectivity index (χ2n) is 6.96. The number of alkyl halides is 3. The summed E-state index contributed by atoms with van der Waals surface area (Å²) in [7, 11) is 0. The Morgan fingerprint density at radius 3 is 2.50 bits per heavy atom. The fourth-order valence-electron chi connectivity index (χ4n) is 3.62. The number of amides is 1. The first kappa shape index (κ1) is 18.5. The highest BCUT2D eigenvalue weighted by molar-refractivity contribution is 5.84. The predicted octanol–water partition coefficient (Wildman–Crippen LogP) is 3.98. The molecular formula is C19H21F3N2O2. The second kappa shape index (κ2) is 6.78. The molecular weight excluding hydrogens is 345 g/mol. The smallest absolute Gasteiger partial charge is 0.327 e. The van der Waals surface area contributed by atoms with E-state index in [0.29, 0.717) is 18.4 Å². The first-order valence-electron chi connectivity index (χ1n) is 8.68. The number of aromatic nitrogens is 1. The third kappa shape index (κ3) is 3.48. The van der Waals surface area contributed by atoms with Crippen LogP contribution >= 0.6 is 0 Å². The maximum absolute atomic E-state index is 13.0. The van der Waals surface area contributed by atoms with E-state index in [1.54, 1.807) is 6.07 Å². The fourth-order valence-corrected chi connectivity index (χ4v) is 3.62. The number of rotatable bonds is 3. The average molecular weight is 366 g/mol. The number of pyridine rings is 1. The number of hydrogen-bond acceptors (Lipinski definition) is 2. The summed E-state index contributed by atoms with van der Waals surface area (Å²) in [6, 6.07) is 4.84. The van der Waals surface area contributed by atoms with Gasteiger partial charge >= 0.3 is 12.1 Å². The van der Waals surface area contributed by atoms with Gasteiger partial charge in [-0.05, 0) is 49.3 Å². The van der Waals surface area contributed by atoms with E-state index in [1.807, 2.05) is 26.0 Å². The van der Waals surface area contributed by atoms with Gasteiger partial charge in [0.2, 0.25) is 0 Å². The number of benzene rings is 1. The normalized spacial score (nSPS) is 15.6. The molecule has 0 aliphatic heterocycles. The van der Waals surface area contributed by atoms with Gasteiger partial charge in [0, 0.05) is 11.6 Å². The Kier molecular flexibility index (Phi) is 4.82. The van der Waals surface area contributed by atoms with Crippen molar-refractivity contribution in [1.82, 2.24) is 9.88 Å². The van der Waals surface area contributed by atoms with Crippen molar-refractivity contribution in [1.29, 1.82) is 0 Å². The van der Waals surface area contributed by atoms with Gasteiger partial charge in [-0.1, -0.05) is 25.0 Å². The van der Waals surface area contributed by atoms with Gasteiger partial charge in [0.15, 0.2) is 0 Å². The van der Waals surface area contributed by atoms with Gasteiger partial charge in [-0.2, -0.15) is 13.2 Å². The van der Waals surface area contributed by atoms with E-state index in [0.717, 1.165) is 34.3 Å². The molecule has 1 N–H and O–H groups in total. The Bertz CT molecular complexity index is 896. The zero-order chi connectivity index (χ0) is 19.1. The average Bonchev–Trinajstić information content (AvgIpc) is 3.10. The summed E-state index contributed by atoms with van der Waals surface area (Å²) < 4.78 is 39.1. The number of nitrogens with one attached hydrogen (secondary N) is 1. The van der Waals surface area contributed by atoms with Crippen LogP contribution in [0.4, 0.5) is 13.2 Å². The topological polar surface area (TPSA) is 53.2 Å². The highest BCUT2D eigenvalue weighted by atomic mass is 19.4. The zero-order valence-electron chi connectivity index (χ0n) is 14.7. The van der Waals surface area contributed by atoms with Crippen molar-refractivity contribution < 1.29 is 18.0 Å². The van der Waals surface area contributed by atoms with E-state index in [1.165, 1.54) is 0 Å². The number of aromatic amines is 1. The quantitative estimate of drug-likeness (QED) is 0.893. The molecule has 1 aliphatic carbocycles. The molecule has 3 rings (SSSR count). The number of aryl methyl sites for hydroxylation is 2. The number of halogens is 3. The Balaban J connectivity index is 2.01. The molecule has 4 nitrogen and oxygen atoms in total. The summed E-state index contributed by atoms with van der Waals surface area (Å²) in [5.74, 6) is -1.87. The molecule has 0 saturated heterocycles. The summed E-state index contributed by atoms with van der Waals surface area (Å²) >= 11 is 0. The number of fused-ring (bicyclic) bond motifs is 1. The number of nitrogens with zero attached hydrogens (tertiary/aromatic N) is 1. The fraction of sp³-hybridized carbons (Fsp3) is 0.474. The van der Waals surface area contributed by atoms with Gasteiger partial charge in [0.25, 0.3) is 5.56 Å².